The number of rotatable bonds is 7. The lowest BCUT2D eigenvalue weighted by molar-refractivity contribution is -0.119. The van der Waals surface area contributed by atoms with Gasteiger partial charge in [0.1, 0.15) is 11.5 Å². The van der Waals surface area contributed by atoms with Crippen molar-refractivity contribution in [1.29, 1.82) is 0 Å². The van der Waals surface area contributed by atoms with Crippen LogP contribution in [0.25, 0.3) is 0 Å². The first-order chi connectivity index (χ1) is 15.4. The van der Waals surface area contributed by atoms with Gasteiger partial charge in [0, 0.05) is 31.6 Å². The highest BCUT2D eigenvalue weighted by atomic mass is 35.5. The van der Waals surface area contributed by atoms with Crippen molar-refractivity contribution in [3.63, 3.8) is 0 Å². The van der Waals surface area contributed by atoms with Crippen LogP contribution in [0.1, 0.15) is 56.5 Å². The summed E-state index contributed by atoms with van der Waals surface area (Å²) >= 11 is 5.82. The summed E-state index contributed by atoms with van der Waals surface area (Å²) in [4.78, 5) is 29.9. The Morgan fingerprint density at radius 2 is 1.88 bits per heavy atom. The third kappa shape index (κ3) is 8.97. The topological polar surface area (TPSA) is 58.4 Å². The van der Waals surface area contributed by atoms with Crippen molar-refractivity contribution < 1.29 is 9.59 Å². The van der Waals surface area contributed by atoms with E-state index in [2.05, 4.69) is 49.7 Å². The summed E-state index contributed by atoms with van der Waals surface area (Å²) in [6.07, 6.45) is 7.68. The molecule has 1 aromatic carbocycles. The highest BCUT2D eigenvalue weighted by Gasteiger charge is 2.19. The van der Waals surface area contributed by atoms with Gasteiger partial charge in [-0.05, 0) is 38.1 Å². The van der Waals surface area contributed by atoms with Gasteiger partial charge in [0.15, 0.2) is 5.78 Å². The molecule has 2 heterocycles. The molecule has 0 saturated heterocycles. The number of fused-ring (bicyclic) bond motifs is 1. The summed E-state index contributed by atoms with van der Waals surface area (Å²) < 4.78 is 1.88. The summed E-state index contributed by atoms with van der Waals surface area (Å²) in [5.74, 6) is 0.803. The molecule has 176 valence electrons. The molecule has 0 N–H and O–H groups in total. The van der Waals surface area contributed by atoms with Gasteiger partial charge >= 0.3 is 0 Å². The molecule has 0 bridgehead atoms. The van der Waals surface area contributed by atoms with Crippen molar-refractivity contribution in [2.24, 2.45) is 0 Å². The Morgan fingerprint density at radius 3 is 2.38 bits per heavy atom. The molecule has 6 nitrogen and oxygen atoms in total. The third-order valence-electron chi connectivity index (χ3n) is 5.24. The van der Waals surface area contributed by atoms with Gasteiger partial charge in [-0.1, -0.05) is 62.7 Å². The van der Waals surface area contributed by atoms with Gasteiger partial charge in [-0.2, -0.15) is 0 Å². The molecule has 32 heavy (non-hydrogen) atoms. The van der Waals surface area contributed by atoms with Crippen LogP contribution in [0.4, 0.5) is 0 Å². The van der Waals surface area contributed by atoms with Gasteiger partial charge in [-0.15, -0.1) is 0 Å². The predicted octanol–water partition coefficient (Wildman–Crippen LogP) is 4.86. The van der Waals surface area contributed by atoms with Gasteiger partial charge in [-0.3, -0.25) is 9.59 Å². The number of ketones is 1. The molecule has 0 fully saturated rings. The lowest BCUT2D eigenvalue weighted by Gasteiger charge is -2.24. The monoisotopic (exact) mass is 460 g/mol. The second-order valence-electron chi connectivity index (χ2n) is 7.34. The van der Waals surface area contributed by atoms with Crippen LogP contribution in [-0.2, 0) is 24.3 Å². The fourth-order valence-corrected chi connectivity index (χ4v) is 3.44. The normalized spacial score (nSPS) is 12.5. The van der Waals surface area contributed by atoms with Crippen molar-refractivity contribution in [2.75, 3.05) is 26.2 Å². The molecule has 0 unspecified atom stereocenters. The molecular formula is C25H37ClN4O2. The summed E-state index contributed by atoms with van der Waals surface area (Å²) in [6, 6.07) is 7.91. The molecule has 1 aliphatic heterocycles. The van der Waals surface area contributed by atoms with Crippen LogP contribution >= 0.6 is 11.6 Å². The van der Waals surface area contributed by atoms with Crippen molar-refractivity contribution in [2.45, 2.75) is 54.1 Å². The number of hydrogen-bond acceptors (Lipinski definition) is 4. The zero-order valence-corrected chi connectivity index (χ0v) is 20.8. The Labute approximate surface area is 197 Å². The predicted molar refractivity (Wildman–Crippen MR) is 132 cm³/mol. The molecule has 0 spiro atoms. The molecule has 3 rings (SSSR count). The minimum Gasteiger partial charge on any atom is -0.336 e. The molecule has 0 saturated carbocycles. The number of carbonyl (C=O) groups excluding carboxylic acids is 2. The number of amides is 1. The maximum absolute atomic E-state index is 11.2. The minimum absolute atomic E-state index is 0.0169. The Morgan fingerprint density at radius 1 is 1.19 bits per heavy atom. The maximum Gasteiger partial charge on any atom is 0.210 e. The summed E-state index contributed by atoms with van der Waals surface area (Å²) in [7, 11) is 0. The van der Waals surface area contributed by atoms with E-state index in [1.807, 2.05) is 28.8 Å². The van der Waals surface area contributed by atoms with Crippen LogP contribution in [0.2, 0.25) is 5.02 Å². The molecule has 0 aliphatic carbocycles. The van der Waals surface area contributed by atoms with Crippen molar-refractivity contribution in [3.05, 3.63) is 64.7 Å². The fourth-order valence-electron chi connectivity index (χ4n) is 3.17. The van der Waals surface area contributed by atoms with E-state index in [1.54, 1.807) is 11.1 Å². The molecule has 0 atom stereocenters. The van der Waals surface area contributed by atoms with Crippen molar-refractivity contribution in [3.8, 4) is 0 Å². The number of carbonyl (C=O) groups is 2. The summed E-state index contributed by atoms with van der Waals surface area (Å²) in [5, 5.41) is 0.875. The molecule has 1 aromatic heterocycles. The number of halogens is 1. The Kier molecular flexibility index (Phi) is 13.3. The first-order valence-electron chi connectivity index (χ1n) is 11.2. The van der Waals surface area contributed by atoms with E-state index < -0.39 is 0 Å². The van der Waals surface area contributed by atoms with Gasteiger partial charge in [-0.25, -0.2) is 4.98 Å². The maximum atomic E-state index is 11.2. The standard InChI is InChI=1S/C9H11N3O2.C8H9Cl.C8H17N/c1-7(14)8-4-10-9-5-11(6-13)2-3-12(8)9;1-2-7-5-3-4-6-8(7)9;1-4-7-8-9(5-2)6-3/h4,6H,2-3,5H2,1H3;3-6H,2H2,1H3;4,7H,5-6,8H2,1-3H3/b;;7-4+. The van der Waals surface area contributed by atoms with Gasteiger partial charge in [0.25, 0.3) is 0 Å². The van der Waals surface area contributed by atoms with Crippen molar-refractivity contribution in [1.82, 2.24) is 19.4 Å². The SMILES string of the molecule is C/C=C/CN(CC)CC.CC(=O)c1cnc2n1CCN(C=O)C2.CCc1ccccc1Cl. The number of likely N-dealkylation sites (N-methyl/N-ethyl adjacent to an activating group) is 1. The lowest BCUT2D eigenvalue weighted by atomic mass is 10.2. The highest BCUT2D eigenvalue weighted by molar-refractivity contribution is 6.31. The number of aryl methyl sites for hydroxylation is 1. The average molecular weight is 461 g/mol. The molecular weight excluding hydrogens is 424 g/mol. The smallest absolute Gasteiger partial charge is 0.210 e. The number of imidazole rings is 1. The van der Waals surface area contributed by atoms with Crippen LogP contribution in [0.3, 0.4) is 0 Å². The second-order valence-corrected chi connectivity index (χ2v) is 7.75. The van der Waals surface area contributed by atoms with Crippen molar-refractivity contribution >= 4 is 23.8 Å². The van der Waals surface area contributed by atoms with Crippen LogP contribution in [-0.4, -0.2) is 57.7 Å². The fraction of sp³-hybridized carbons (Fsp3) is 0.480. The first kappa shape index (κ1) is 27.6. The Bertz CT molecular complexity index is 859. The van der Waals surface area contributed by atoms with Gasteiger partial charge in [0.2, 0.25) is 6.41 Å². The molecule has 1 amide bonds. The van der Waals surface area contributed by atoms with Crippen LogP contribution in [0.15, 0.2) is 42.6 Å². The number of nitrogens with zero attached hydrogens (tertiary/aromatic N) is 4. The zero-order chi connectivity index (χ0) is 23.9. The number of aromatic nitrogens is 2. The molecule has 1 aliphatic rings. The highest BCUT2D eigenvalue weighted by Crippen LogP contribution is 2.14. The zero-order valence-electron chi connectivity index (χ0n) is 20.1. The van der Waals surface area contributed by atoms with Gasteiger partial charge in [0.05, 0.1) is 12.7 Å². The van der Waals surface area contributed by atoms with E-state index in [1.165, 1.54) is 12.5 Å². The lowest BCUT2D eigenvalue weighted by Crippen LogP contribution is -2.33. The minimum atomic E-state index is 0.0169. The molecule has 2 aromatic rings. The Hall–Kier alpha value is -2.44. The average Bonchev–Trinajstić information content (AvgIpc) is 3.24. The van der Waals surface area contributed by atoms with E-state index >= 15 is 0 Å². The van der Waals surface area contributed by atoms with E-state index in [-0.39, 0.29) is 5.78 Å². The van der Waals surface area contributed by atoms with Crippen LogP contribution in [0, 0.1) is 0 Å². The van der Waals surface area contributed by atoms with E-state index in [9.17, 15) is 9.59 Å². The van der Waals surface area contributed by atoms with Crippen LogP contribution < -0.4 is 0 Å². The third-order valence-corrected chi connectivity index (χ3v) is 5.60. The van der Waals surface area contributed by atoms with E-state index in [0.717, 1.165) is 43.3 Å². The largest absolute Gasteiger partial charge is 0.336 e. The van der Waals surface area contributed by atoms with E-state index in [4.69, 9.17) is 11.6 Å². The molecule has 0 radical (unpaired) electrons. The summed E-state index contributed by atoms with van der Waals surface area (Å²) in [6.45, 7) is 15.3. The number of allylic oxidation sites excluding steroid dienone is 1. The number of hydrogen-bond donors (Lipinski definition) is 0. The first-order valence-corrected chi connectivity index (χ1v) is 11.6. The summed E-state index contributed by atoms with van der Waals surface area (Å²) in [5.41, 5.74) is 1.85. The molecule has 7 heteroatoms. The van der Waals surface area contributed by atoms with Crippen LogP contribution in [0.5, 0.6) is 0 Å². The quantitative estimate of drug-likeness (QED) is 0.336. The number of benzene rings is 1. The van der Waals surface area contributed by atoms with E-state index in [0.29, 0.717) is 25.3 Å². The van der Waals surface area contributed by atoms with Gasteiger partial charge < -0.3 is 14.4 Å². The number of Topliss-reactive ketones (excluding diaryl/α,β-unsaturated/α-hetero) is 1. The second kappa shape index (κ2) is 15.4. The Balaban J connectivity index is 0.000000252.